The van der Waals surface area contributed by atoms with Crippen LogP contribution in [0.3, 0.4) is 0 Å². The largest absolute Gasteiger partial charge is 0.453 e. The van der Waals surface area contributed by atoms with Gasteiger partial charge < -0.3 is 9.73 Å². The standard InChI is InChI=1S/C12H13BrN2OS/c13-10-4-3-9(16-10)7-15-11(8-1-2-8)12-14-5-6-17-12/h3-6,8,11,15H,1-2,7H2. The van der Waals surface area contributed by atoms with Gasteiger partial charge in [0.2, 0.25) is 0 Å². The van der Waals surface area contributed by atoms with Crippen LogP contribution in [0.2, 0.25) is 0 Å². The summed E-state index contributed by atoms with van der Waals surface area (Å²) in [5.74, 6) is 1.71. The van der Waals surface area contributed by atoms with Crippen molar-refractivity contribution in [1.82, 2.24) is 10.3 Å². The summed E-state index contributed by atoms with van der Waals surface area (Å²) >= 11 is 5.04. The van der Waals surface area contributed by atoms with E-state index in [1.807, 2.05) is 23.7 Å². The molecule has 0 aromatic carbocycles. The SMILES string of the molecule is Brc1ccc(CNC(c2nccs2)C2CC2)o1. The number of furan rings is 1. The zero-order valence-electron chi connectivity index (χ0n) is 9.23. The smallest absolute Gasteiger partial charge is 0.169 e. The third-order valence-corrected chi connectivity index (χ3v) is 4.22. The molecule has 3 nitrogen and oxygen atoms in total. The molecule has 2 aromatic rings. The molecule has 2 aromatic heterocycles. The molecule has 3 rings (SSSR count). The highest BCUT2D eigenvalue weighted by atomic mass is 79.9. The molecular formula is C12H13BrN2OS. The van der Waals surface area contributed by atoms with Gasteiger partial charge in [0, 0.05) is 11.6 Å². The molecule has 0 amide bonds. The van der Waals surface area contributed by atoms with Gasteiger partial charge in [0.05, 0.1) is 12.6 Å². The molecule has 1 aliphatic rings. The summed E-state index contributed by atoms with van der Waals surface area (Å²) in [5, 5.41) is 6.78. The number of nitrogens with one attached hydrogen (secondary N) is 1. The van der Waals surface area contributed by atoms with Crippen LogP contribution in [-0.2, 0) is 6.54 Å². The molecule has 5 heteroatoms. The topological polar surface area (TPSA) is 38.1 Å². The Kier molecular flexibility index (Phi) is 3.31. The van der Waals surface area contributed by atoms with E-state index in [0.717, 1.165) is 22.9 Å². The third kappa shape index (κ3) is 2.78. The van der Waals surface area contributed by atoms with Crippen LogP contribution in [0.4, 0.5) is 0 Å². The minimum atomic E-state index is 0.388. The van der Waals surface area contributed by atoms with E-state index in [-0.39, 0.29) is 0 Å². The van der Waals surface area contributed by atoms with Crippen molar-refractivity contribution >= 4 is 27.3 Å². The van der Waals surface area contributed by atoms with Crippen LogP contribution in [-0.4, -0.2) is 4.98 Å². The molecule has 1 atom stereocenters. The predicted octanol–water partition coefficient (Wildman–Crippen LogP) is 3.74. The van der Waals surface area contributed by atoms with E-state index in [9.17, 15) is 0 Å². The first-order chi connectivity index (χ1) is 8.33. The maximum atomic E-state index is 5.49. The summed E-state index contributed by atoms with van der Waals surface area (Å²) in [6.07, 6.45) is 4.48. The van der Waals surface area contributed by atoms with Crippen molar-refractivity contribution in [1.29, 1.82) is 0 Å². The van der Waals surface area contributed by atoms with E-state index < -0.39 is 0 Å². The summed E-state index contributed by atoms with van der Waals surface area (Å²) < 4.78 is 6.27. The number of nitrogens with zero attached hydrogens (tertiary/aromatic N) is 1. The van der Waals surface area contributed by atoms with Crippen molar-refractivity contribution < 1.29 is 4.42 Å². The van der Waals surface area contributed by atoms with Crippen molar-refractivity contribution in [2.24, 2.45) is 5.92 Å². The van der Waals surface area contributed by atoms with Crippen molar-refractivity contribution in [3.05, 3.63) is 39.1 Å². The van der Waals surface area contributed by atoms with Gasteiger partial charge in [-0.2, -0.15) is 0 Å². The van der Waals surface area contributed by atoms with E-state index in [1.54, 1.807) is 11.3 Å². The molecular weight excluding hydrogens is 300 g/mol. The third-order valence-electron chi connectivity index (χ3n) is 2.94. The van der Waals surface area contributed by atoms with E-state index in [1.165, 1.54) is 17.8 Å². The molecule has 0 aliphatic heterocycles. The fourth-order valence-electron chi connectivity index (χ4n) is 1.93. The Bertz CT molecular complexity index is 478. The van der Waals surface area contributed by atoms with E-state index >= 15 is 0 Å². The molecule has 0 saturated heterocycles. The first kappa shape index (κ1) is 11.4. The Balaban J connectivity index is 1.65. The lowest BCUT2D eigenvalue weighted by Crippen LogP contribution is -2.22. The molecule has 0 radical (unpaired) electrons. The lowest BCUT2D eigenvalue weighted by atomic mass is 10.2. The zero-order chi connectivity index (χ0) is 11.7. The predicted molar refractivity (Wildman–Crippen MR) is 70.8 cm³/mol. The van der Waals surface area contributed by atoms with Gasteiger partial charge in [-0.3, -0.25) is 0 Å². The first-order valence-electron chi connectivity index (χ1n) is 5.70. The average Bonchev–Trinajstić information content (AvgIpc) is 2.85. The molecule has 0 bridgehead atoms. The minimum Gasteiger partial charge on any atom is -0.453 e. The Morgan fingerprint density at radius 2 is 2.41 bits per heavy atom. The van der Waals surface area contributed by atoms with Crippen LogP contribution in [0.25, 0.3) is 0 Å². The van der Waals surface area contributed by atoms with Gasteiger partial charge in [-0.25, -0.2) is 4.98 Å². The lowest BCUT2D eigenvalue weighted by molar-refractivity contribution is 0.417. The average molecular weight is 313 g/mol. The van der Waals surface area contributed by atoms with Crippen LogP contribution >= 0.6 is 27.3 Å². The monoisotopic (exact) mass is 312 g/mol. The maximum Gasteiger partial charge on any atom is 0.169 e. The number of rotatable bonds is 5. The number of hydrogen-bond acceptors (Lipinski definition) is 4. The second-order valence-corrected chi connectivity index (χ2v) is 5.98. The van der Waals surface area contributed by atoms with Crippen LogP contribution in [0.5, 0.6) is 0 Å². The highest BCUT2D eigenvalue weighted by Crippen LogP contribution is 2.41. The highest BCUT2D eigenvalue weighted by Gasteiger charge is 2.33. The fourth-order valence-corrected chi connectivity index (χ4v) is 3.08. The van der Waals surface area contributed by atoms with Crippen molar-refractivity contribution in [2.75, 3.05) is 0 Å². The second kappa shape index (κ2) is 4.92. The number of halogens is 1. The Hall–Kier alpha value is -0.650. The Morgan fingerprint density at radius 3 is 3.00 bits per heavy atom. The van der Waals surface area contributed by atoms with Gasteiger partial charge >= 0.3 is 0 Å². The first-order valence-corrected chi connectivity index (χ1v) is 7.37. The van der Waals surface area contributed by atoms with E-state index in [4.69, 9.17) is 4.42 Å². The van der Waals surface area contributed by atoms with Crippen molar-refractivity contribution in [3.63, 3.8) is 0 Å². The van der Waals surface area contributed by atoms with Crippen LogP contribution in [0.15, 0.2) is 32.8 Å². The van der Waals surface area contributed by atoms with Gasteiger partial charge in [-0.05, 0) is 46.8 Å². The lowest BCUT2D eigenvalue weighted by Gasteiger charge is -2.14. The summed E-state index contributed by atoms with van der Waals surface area (Å²) in [6.45, 7) is 0.756. The fraction of sp³-hybridized carbons (Fsp3) is 0.417. The van der Waals surface area contributed by atoms with Crippen LogP contribution < -0.4 is 5.32 Å². The van der Waals surface area contributed by atoms with E-state index in [2.05, 4.69) is 26.2 Å². The van der Waals surface area contributed by atoms with Gasteiger partial charge in [0.1, 0.15) is 10.8 Å². The van der Waals surface area contributed by atoms with Crippen molar-refractivity contribution in [2.45, 2.75) is 25.4 Å². The quantitative estimate of drug-likeness (QED) is 0.914. The Labute approximate surface area is 112 Å². The summed E-state index contributed by atoms with van der Waals surface area (Å²) in [6, 6.07) is 4.30. The van der Waals surface area contributed by atoms with Crippen LogP contribution in [0.1, 0.15) is 29.7 Å². The molecule has 1 aliphatic carbocycles. The second-order valence-electron chi connectivity index (χ2n) is 4.27. The number of hydrogen-bond donors (Lipinski definition) is 1. The Morgan fingerprint density at radius 1 is 1.53 bits per heavy atom. The molecule has 17 heavy (non-hydrogen) atoms. The van der Waals surface area contributed by atoms with Gasteiger partial charge in [-0.1, -0.05) is 0 Å². The summed E-state index contributed by atoms with van der Waals surface area (Å²) in [4.78, 5) is 4.41. The molecule has 2 heterocycles. The zero-order valence-corrected chi connectivity index (χ0v) is 11.6. The highest BCUT2D eigenvalue weighted by molar-refractivity contribution is 9.10. The molecule has 1 saturated carbocycles. The summed E-state index contributed by atoms with van der Waals surface area (Å²) in [5.41, 5.74) is 0. The van der Waals surface area contributed by atoms with Crippen molar-refractivity contribution in [3.8, 4) is 0 Å². The molecule has 0 spiro atoms. The van der Waals surface area contributed by atoms with Gasteiger partial charge in [0.25, 0.3) is 0 Å². The number of thiazole rings is 1. The van der Waals surface area contributed by atoms with Gasteiger partial charge in [0.15, 0.2) is 4.67 Å². The van der Waals surface area contributed by atoms with Gasteiger partial charge in [-0.15, -0.1) is 11.3 Å². The van der Waals surface area contributed by atoms with Crippen LogP contribution in [0, 0.1) is 5.92 Å². The van der Waals surface area contributed by atoms with E-state index in [0.29, 0.717) is 6.04 Å². The molecule has 90 valence electrons. The number of aromatic nitrogens is 1. The minimum absolute atomic E-state index is 0.388. The normalized spacial score (nSPS) is 17.2. The molecule has 1 unspecified atom stereocenters. The maximum absolute atomic E-state index is 5.49. The molecule has 1 N–H and O–H groups in total. The molecule has 1 fully saturated rings. The summed E-state index contributed by atoms with van der Waals surface area (Å²) in [7, 11) is 0.